The van der Waals surface area contributed by atoms with E-state index >= 15 is 0 Å². The zero-order valence-corrected chi connectivity index (χ0v) is 19.0. The summed E-state index contributed by atoms with van der Waals surface area (Å²) in [5.74, 6) is 1.23. The van der Waals surface area contributed by atoms with Crippen molar-refractivity contribution in [2.75, 3.05) is 34.2 Å². The lowest BCUT2D eigenvalue weighted by Crippen LogP contribution is -2.41. The quantitative estimate of drug-likeness (QED) is 0.363. The maximum atomic E-state index is 11.8. The minimum atomic E-state index is -0.0110. The summed E-state index contributed by atoms with van der Waals surface area (Å²) >= 11 is 3.57. The van der Waals surface area contributed by atoms with Crippen LogP contribution in [0.5, 0.6) is 0 Å². The number of hydrogen-bond acceptors (Lipinski definition) is 2. The highest BCUT2D eigenvalue weighted by Crippen LogP contribution is 2.17. The molecule has 0 aromatic heterocycles. The first kappa shape index (κ1) is 23.2. The summed E-state index contributed by atoms with van der Waals surface area (Å²) in [5, 5.41) is 3.34. The van der Waals surface area contributed by atoms with Gasteiger partial charge in [-0.1, -0.05) is 48.0 Å². The largest absolute Gasteiger partial charge is 0.356 e. The number of guanidine groups is 1. The van der Waals surface area contributed by atoms with Crippen molar-refractivity contribution in [3.05, 3.63) is 34.3 Å². The van der Waals surface area contributed by atoms with Crippen LogP contribution in [-0.4, -0.2) is 55.9 Å². The Labute approximate surface area is 171 Å². The van der Waals surface area contributed by atoms with Crippen molar-refractivity contribution in [1.29, 1.82) is 0 Å². The van der Waals surface area contributed by atoms with Crippen LogP contribution in [0.2, 0.25) is 0 Å². The average molecular weight is 511 g/mol. The van der Waals surface area contributed by atoms with Crippen molar-refractivity contribution in [2.24, 2.45) is 10.9 Å². The fraction of sp³-hybridized carbons (Fsp3) is 0.529. The summed E-state index contributed by atoms with van der Waals surface area (Å²) in [6, 6.07) is 8.11. The predicted octanol–water partition coefficient (Wildman–Crippen LogP) is 3.19. The number of rotatable bonds is 6. The van der Waals surface area contributed by atoms with Gasteiger partial charge in [0.1, 0.15) is 6.54 Å². The number of nitrogens with one attached hydrogen (secondary N) is 1. The molecule has 0 unspecified atom stereocenters. The third-order valence-electron chi connectivity index (χ3n) is 3.26. The fourth-order valence-electron chi connectivity index (χ4n) is 1.85. The molecule has 0 aliphatic carbocycles. The second-order valence-electron chi connectivity index (χ2n) is 6.15. The number of halogens is 2. The van der Waals surface area contributed by atoms with E-state index in [9.17, 15) is 4.79 Å². The topological polar surface area (TPSA) is 47.9 Å². The summed E-state index contributed by atoms with van der Waals surface area (Å²) in [6.45, 7) is 5.96. The van der Waals surface area contributed by atoms with Crippen molar-refractivity contribution in [3.63, 3.8) is 0 Å². The Morgan fingerprint density at radius 1 is 1.25 bits per heavy atom. The summed E-state index contributed by atoms with van der Waals surface area (Å²) in [6.07, 6.45) is 0. The van der Waals surface area contributed by atoms with Gasteiger partial charge < -0.3 is 15.1 Å². The molecule has 0 aliphatic heterocycles. The average Bonchev–Trinajstić information content (AvgIpc) is 2.48. The van der Waals surface area contributed by atoms with Gasteiger partial charge in [-0.3, -0.25) is 4.79 Å². The summed E-state index contributed by atoms with van der Waals surface area (Å²) < 4.78 is 1.07. The van der Waals surface area contributed by atoms with E-state index < -0.39 is 0 Å². The molecule has 0 fully saturated rings. The monoisotopic (exact) mass is 510 g/mol. The molecule has 24 heavy (non-hydrogen) atoms. The number of nitrogens with zero attached hydrogens (tertiary/aromatic N) is 3. The lowest BCUT2D eigenvalue weighted by atomic mass is 10.2. The normalized spacial score (nSPS) is 11.0. The van der Waals surface area contributed by atoms with Crippen LogP contribution in [0.15, 0.2) is 33.7 Å². The lowest BCUT2D eigenvalue weighted by Gasteiger charge is -2.24. The van der Waals surface area contributed by atoms with Gasteiger partial charge in [-0.05, 0) is 17.5 Å². The standard InChI is InChI=1S/C17H27BrN4O.HI/c1-13(2)10-19-17(20-11-16(23)21(3)4)22(5)12-14-8-6-7-9-15(14)18;/h6-9,13H,10-12H2,1-5H3,(H,19,20);1H. The molecular weight excluding hydrogens is 483 g/mol. The Morgan fingerprint density at radius 3 is 2.42 bits per heavy atom. The Bertz CT molecular complexity index is 549. The minimum Gasteiger partial charge on any atom is -0.356 e. The molecular formula is C17H28BrIN4O. The van der Waals surface area contributed by atoms with Gasteiger partial charge in [-0.2, -0.15) is 0 Å². The highest BCUT2D eigenvalue weighted by Gasteiger charge is 2.11. The third kappa shape index (κ3) is 8.32. The Hall–Kier alpha value is -0.830. The van der Waals surface area contributed by atoms with E-state index in [4.69, 9.17) is 0 Å². The van der Waals surface area contributed by atoms with Crippen LogP contribution in [0.1, 0.15) is 19.4 Å². The number of benzene rings is 1. The molecule has 0 saturated heterocycles. The first-order valence-corrected chi connectivity index (χ1v) is 8.53. The molecule has 0 atom stereocenters. The third-order valence-corrected chi connectivity index (χ3v) is 4.03. The number of carbonyl (C=O) groups excluding carboxylic acids is 1. The van der Waals surface area contributed by atoms with E-state index in [-0.39, 0.29) is 36.4 Å². The van der Waals surface area contributed by atoms with Gasteiger partial charge in [-0.15, -0.1) is 24.0 Å². The van der Waals surface area contributed by atoms with Gasteiger partial charge in [0.05, 0.1) is 0 Å². The molecule has 1 amide bonds. The first-order valence-electron chi connectivity index (χ1n) is 7.74. The molecule has 136 valence electrons. The van der Waals surface area contributed by atoms with E-state index in [0.717, 1.165) is 17.0 Å². The van der Waals surface area contributed by atoms with Crippen molar-refractivity contribution in [1.82, 2.24) is 15.1 Å². The molecule has 5 nitrogen and oxygen atoms in total. The van der Waals surface area contributed by atoms with Crippen LogP contribution in [0, 0.1) is 5.92 Å². The van der Waals surface area contributed by atoms with Crippen LogP contribution < -0.4 is 5.32 Å². The van der Waals surface area contributed by atoms with E-state index in [2.05, 4.69) is 46.2 Å². The number of likely N-dealkylation sites (N-methyl/N-ethyl adjacent to an activating group) is 1. The van der Waals surface area contributed by atoms with E-state index in [1.165, 1.54) is 5.56 Å². The van der Waals surface area contributed by atoms with Gasteiger partial charge in [0.2, 0.25) is 5.91 Å². The second kappa shape index (κ2) is 11.7. The van der Waals surface area contributed by atoms with Crippen LogP contribution in [0.3, 0.4) is 0 Å². The zero-order chi connectivity index (χ0) is 17.4. The lowest BCUT2D eigenvalue weighted by molar-refractivity contribution is -0.127. The maximum Gasteiger partial charge on any atom is 0.243 e. The predicted molar refractivity (Wildman–Crippen MR) is 115 cm³/mol. The zero-order valence-electron chi connectivity index (χ0n) is 15.0. The molecule has 1 N–H and O–H groups in total. The van der Waals surface area contributed by atoms with Crippen molar-refractivity contribution in [2.45, 2.75) is 20.4 Å². The highest BCUT2D eigenvalue weighted by molar-refractivity contribution is 14.0. The fourth-order valence-corrected chi connectivity index (χ4v) is 2.26. The number of amides is 1. The van der Waals surface area contributed by atoms with Gasteiger partial charge in [0, 0.05) is 38.7 Å². The van der Waals surface area contributed by atoms with Crippen LogP contribution >= 0.6 is 39.9 Å². The summed E-state index contributed by atoms with van der Waals surface area (Å²) in [4.78, 5) is 19.8. The number of aliphatic imine (C=N–C) groups is 1. The molecule has 1 aromatic rings. The molecule has 0 saturated carbocycles. The van der Waals surface area contributed by atoms with Crippen LogP contribution in [0.25, 0.3) is 0 Å². The second-order valence-corrected chi connectivity index (χ2v) is 7.00. The van der Waals surface area contributed by atoms with Crippen molar-refractivity contribution < 1.29 is 4.79 Å². The molecule has 0 radical (unpaired) electrons. The smallest absolute Gasteiger partial charge is 0.243 e. The van der Waals surface area contributed by atoms with Crippen molar-refractivity contribution >= 4 is 51.8 Å². The van der Waals surface area contributed by atoms with Crippen LogP contribution in [0.4, 0.5) is 0 Å². The van der Waals surface area contributed by atoms with Crippen molar-refractivity contribution in [3.8, 4) is 0 Å². The summed E-state index contributed by atoms with van der Waals surface area (Å²) in [5.41, 5.74) is 1.17. The van der Waals surface area contributed by atoms with E-state index in [1.54, 1.807) is 19.0 Å². The van der Waals surface area contributed by atoms with E-state index in [0.29, 0.717) is 12.5 Å². The molecule has 0 bridgehead atoms. The van der Waals surface area contributed by atoms with Gasteiger partial charge in [-0.25, -0.2) is 4.99 Å². The molecule has 7 heteroatoms. The van der Waals surface area contributed by atoms with Gasteiger partial charge in [0.15, 0.2) is 5.96 Å². The van der Waals surface area contributed by atoms with Crippen LogP contribution in [-0.2, 0) is 11.3 Å². The van der Waals surface area contributed by atoms with E-state index in [1.807, 2.05) is 30.1 Å². The molecule has 0 spiro atoms. The molecule has 0 heterocycles. The molecule has 1 aromatic carbocycles. The Morgan fingerprint density at radius 2 is 1.88 bits per heavy atom. The maximum absolute atomic E-state index is 11.8. The number of carbonyl (C=O) groups is 1. The minimum absolute atomic E-state index is 0. The Kier molecular flexibility index (Phi) is 11.3. The first-order chi connectivity index (χ1) is 10.8. The SMILES string of the molecule is CC(C)CNC(=NCC(=O)N(C)C)N(C)Cc1ccccc1Br.I. The molecule has 0 aliphatic rings. The number of hydrogen-bond donors (Lipinski definition) is 1. The van der Waals surface area contributed by atoms with Gasteiger partial charge in [0.25, 0.3) is 0 Å². The summed E-state index contributed by atoms with van der Waals surface area (Å²) in [7, 11) is 5.46. The highest BCUT2D eigenvalue weighted by atomic mass is 127. The van der Waals surface area contributed by atoms with Gasteiger partial charge >= 0.3 is 0 Å². The Balaban J connectivity index is 0.00000529. The molecule has 1 rings (SSSR count).